The molecule has 88 valence electrons. The van der Waals surface area contributed by atoms with E-state index in [0.717, 1.165) is 35.8 Å². The highest BCUT2D eigenvalue weighted by molar-refractivity contribution is 7.85. The molecule has 16 heavy (non-hydrogen) atoms. The SMILES string of the molecule is C[C@H](O)c1ccccc1N1CCS(=O)CC1. The molecular formula is C12H17NO2S. The van der Waals surface area contributed by atoms with Gasteiger partial charge in [-0.05, 0) is 13.0 Å². The van der Waals surface area contributed by atoms with Crippen LogP contribution >= 0.6 is 0 Å². The number of anilines is 1. The van der Waals surface area contributed by atoms with Crippen molar-refractivity contribution in [3.63, 3.8) is 0 Å². The Labute approximate surface area is 98.5 Å². The monoisotopic (exact) mass is 239 g/mol. The van der Waals surface area contributed by atoms with E-state index in [9.17, 15) is 9.32 Å². The van der Waals surface area contributed by atoms with Crippen LogP contribution < -0.4 is 4.90 Å². The van der Waals surface area contributed by atoms with Gasteiger partial charge in [0.15, 0.2) is 0 Å². The summed E-state index contributed by atoms with van der Waals surface area (Å²) in [5.41, 5.74) is 2.03. The molecule has 0 aromatic heterocycles. The number of aliphatic hydroxyl groups excluding tert-OH is 1. The summed E-state index contributed by atoms with van der Waals surface area (Å²) >= 11 is 0. The second-order valence-corrected chi connectivity index (χ2v) is 5.77. The van der Waals surface area contributed by atoms with Crippen LogP contribution in [0.25, 0.3) is 0 Å². The van der Waals surface area contributed by atoms with E-state index in [-0.39, 0.29) is 0 Å². The van der Waals surface area contributed by atoms with Crippen molar-refractivity contribution in [2.45, 2.75) is 13.0 Å². The highest BCUT2D eigenvalue weighted by atomic mass is 32.2. The van der Waals surface area contributed by atoms with E-state index in [1.165, 1.54) is 0 Å². The molecule has 0 radical (unpaired) electrons. The molecule has 1 aromatic rings. The normalized spacial score (nSPS) is 19.8. The minimum absolute atomic E-state index is 0.455. The van der Waals surface area contributed by atoms with Gasteiger partial charge in [-0.2, -0.15) is 0 Å². The van der Waals surface area contributed by atoms with Crippen LogP contribution in [-0.4, -0.2) is 33.9 Å². The van der Waals surface area contributed by atoms with Crippen LogP contribution in [0.2, 0.25) is 0 Å². The molecule has 1 N–H and O–H groups in total. The zero-order chi connectivity index (χ0) is 11.5. The van der Waals surface area contributed by atoms with Crippen LogP contribution in [0.3, 0.4) is 0 Å². The molecule has 0 aliphatic carbocycles. The summed E-state index contributed by atoms with van der Waals surface area (Å²) in [6.45, 7) is 3.41. The quantitative estimate of drug-likeness (QED) is 0.846. The van der Waals surface area contributed by atoms with Gasteiger partial charge in [0.1, 0.15) is 0 Å². The van der Waals surface area contributed by atoms with Crippen molar-refractivity contribution in [1.82, 2.24) is 0 Å². The van der Waals surface area contributed by atoms with E-state index in [1.54, 1.807) is 6.92 Å². The molecule has 4 heteroatoms. The van der Waals surface area contributed by atoms with Crippen LogP contribution in [0.15, 0.2) is 24.3 Å². The van der Waals surface area contributed by atoms with Crippen LogP contribution in [0.4, 0.5) is 5.69 Å². The van der Waals surface area contributed by atoms with E-state index in [2.05, 4.69) is 4.90 Å². The second kappa shape index (κ2) is 4.97. The Hall–Kier alpha value is -0.870. The fraction of sp³-hybridized carbons (Fsp3) is 0.500. The third-order valence-corrected chi connectivity index (χ3v) is 4.18. The van der Waals surface area contributed by atoms with Gasteiger partial charge in [-0.3, -0.25) is 4.21 Å². The maximum absolute atomic E-state index is 11.3. The van der Waals surface area contributed by atoms with Crippen LogP contribution in [0.1, 0.15) is 18.6 Å². The van der Waals surface area contributed by atoms with E-state index >= 15 is 0 Å². The number of hydrogen-bond donors (Lipinski definition) is 1. The van der Waals surface area contributed by atoms with Crippen molar-refractivity contribution in [2.24, 2.45) is 0 Å². The number of benzene rings is 1. The zero-order valence-corrected chi connectivity index (χ0v) is 10.2. The molecule has 1 fully saturated rings. The summed E-state index contributed by atoms with van der Waals surface area (Å²) in [6, 6.07) is 7.89. The smallest absolute Gasteiger partial charge is 0.0781 e. The molecule has 0 bridgehead atoms. The highest BCUT2D eigenvalue weighted by Crippen LogP contribution is 2.26. The van der Waals surface area contributed by atoms with E-state index in [1.807, 2.05) is 24.3 Å². The first-order valence-electron chi connectivity index (χ1n) is 5.55. The topological polar surface area (TPSA) is 40.5 Å². The predicted molar refractivity (Wildman–Crippen MR) is 67.2 cm³/mol. The lowest BCUT2D eigenvalue weighted by Gasteiger charge is -2.30. The molecule has 1 aromatic carbocycles. The van der Waals surface area contributed by atoms with E-state index < -0.39 is 16.9 Å². The first-order valence-corrected chi connectivity index (χ1v) is 7.04. The molecule has 2 rings (SSSR count). The molecule has 0 amide bonds. The van der Waals surface area contributed by atoms with Crippen LogP contribution in [-0.2, 0) is 10.8 Å². The highest BCUT2D eigenvalue weighted by Gasteiger charge is 2.18. The Morgan fingerprint density at radius 1 is 1.31 bits per heavy atom. The third kappa shape index (κ3) is 2.44. The van der Waals surface area contributed by atoms with Gasteiger partial charge in [-0.15, -0.1) is 0 Å². The van der Waals surface area contributed by atoms with Crippen molar-refractivity contribution in [3.8, 4) is 0 Å². The minimum atomic E-state index is -0.656. The average Bonchev–Trinajstić information content (AvgIpc) is 2.30. The number of hydrogen-bond acceptors (Lipinski definition) is 3. The van der Waals surface area contributed by atoms with E-state index in [4.69, 9.17) is 0 Å². The van der Waals surface area contributed by atoms with Gasteiger partial charge in [0.25, 0.3) is 0 Å². The lowest BCUT2D eigenvalue weighted by atomic mass is 10.1. The Balaban J connectivity index is 2.23. The second-order valence-electron chi connectivity index (χ2n) is 4.07. The molecule has 1 aliphatic rings. The first-order chi connectivity index (χ1) is 7.68. The van der Waals surface area contributed by atoms with Gasteiger partial charge in [0.2, 0.25) is 0 Å². The van der Waals surface area contributed by atoms with Crippen molar-refractivity contribution >= 4 is 16.5 Å². The Morgan fingerprint density at radius 2 is 1.94 bits per heavy atom. The number of rotatable bonds is 2. The number of para-hydroxylation sites is 1. The molecule has 0 spiro atoms. The fourth-order valence-corrected chi connectivity index (χ4v) is 3.06. The number of aliphatic hydroxyl groups is 1. The number of nitrogens with zero attached hydrogens (tertiary/aromatic N) is 1. The summed E-state index contributed by atoms with van der Waals surface area (Å²) in [7, 11) is -0.656. The maximum Gasteiger partial charge on any atom is 0.0781 e. The van der Waals surface area contributed by atoms with E-state index in [0.29, 0.717) is 0 Å². The van der Waals surface area contributed by atoms with Gasteiger partial charge in [0.05, 0.1) is 6.10 Å². The zero-order valence-electron chi connectivity index (χ0n) is 9.43. The summed E-state index contributed by atoms with van der Waals surface area (Å²) in [4.78, 5) is 2.21. The lowest BCUT2D eigenvalue weighted by Crippen LogP contribution is -2.38. The molecule has 1 atom stereocenters. The van der Waals surface area contributed by atoms with Crippen LogP contribution in [0, 0.1) is 0 Å². The van der Waals surface area contributed by atoms with Crippen molar-refractivity contribution in [1.29, 1.82) is 0 Å². The van der Waals surface area contributed by atoms with Gasteiger partial charge in [0, 0.05) is 46.6 Å². The van der Waals surface area contributed by atoms with Crippen molar-refractivity contribution in [2.75, 3.05) is 29.5 Å². The molecule has 3 nitrogen and oxygen atoms in total. The van der Waals surface area contributed by atoms with Gasteiger partial charge >= 0.3 is 0 Å². The molecule has 1 heterocycles. The summed E-state index contributed by atoms with van der Waals surface area (Å²) in [6.07, 6.45) is -0.455. The third-order valence-electron chi connectivity index (χ3n) is 2.91. The molecular weight excluding hydrogens is 222 g/mol. The summed E-state index contributed by atoms with van der Waals surface area (Å²) < 4.78 is 11.3. The Morgan fingerprint density at radius 3 is 2.56 bits per heavy atom. The molecule has 1 saturated heterocycles. The van der Waals surface area contributed by atoms with Gasteiger partial charge in [-0.25, -0.2) is 0 Å². The predicted octanol–water partition coefficient (Wildman–Crippen LogP) is 1.31. The fourth-order valence-electron chi connectivity index (χ4n) is 2.01. The molecule has 1 aliphatic heterocycles. The van der Waals surface area contributed by atoms with Crippen LogP contribution in [0.5, 0.6) is 0 Å². The molecule has 0 saturated carbocycles. The minimum Gasteiger partial charge on any atom is -0.389 e. The van der Waals surface area contributed by atoms with Crippen molar-refractivity contribution in [3.05, 3.63) is 29.8 Å². The lowest BCUT2D eigenvalue weighted by molar-refractivity contribution is 0.199. The summed E-state index contributed by atoms with van der Waals surface area (Å²) in [5, 5.41) is 9.70. The maximum atomic E-state index is 11.3. The molecule has 0 unspecified atom stereocenters. The summed E-state index contributed by atoms with van der Waals surface area (Å²) in [5.74, 6) is 1.46. The Kier molecular flexibility index (Phi) is 3.61. The Bertz CT molecular complexity index is 382. The first kappa shape index (κ1) is 11.6. The standard InChI is InChI=1S/C12H17NO2S/c1-10(14)11-4-2-3-5-12(11)13-6-8-16(15)9-7-13/h2-5,10,14H,6-9H2,1H3/t10-/m0/s1. The van der Waals surface area contributed by atoms with Gasteiger partial charge < -0.3 is 10.0 Å². The average molecular weight is 239 g/mol. The van der Waals surface area contributed by atoms with Gasteiger partial charge in [-0.1, -0.05) is 18.2 Å². The van der Waals surface area contributed by atoms with Crippen molar-refractivity contribution < 1.29 is 9.32 Å². The largest absolute Gasteiger partial charge is 0.389 e.